The highest BCUT2D eigenvalue weighted by Crippen LogP contribution is 2.37. The van der Waals surface area contributed by atoms with E-state index < -0.39 is 40.7 Å². The number of allylic oxidation sites excluding steroid dienone is 6. The van der Waals surface area contributed by atoms with E-state index in [9.17, 15) is 37.4 Å². The zero-order chi connectivity index (χ0) is 35.8. The predicted molar refractivity (Wildman–Crippen MR) is 180 cm³/mol. The van der Waals surface area contributed by atoms with E-state index in [0.717, 1.165) is 22.9 Å². The third-order valence-electron chi connectivity index (χ3n) is 7.63. The minimum atomic E-state index is -3.52. The normalized spacial score (nSPS) is 22.8. The van der Waals surface area contributed by atoms with Crippen molar-refractivity contribution in [2.45, 2.75) is 72.0 Å². The van der Waals surface area contributed by atoms with E-state index in [2.05, 4.69) is 34.6 Å². The Kier molecular flexibility index (Phi) is 13.3. The minimum Gasteiger partial charge on any atom is -0.512 e. The van der Waals surface area contributed by atoms with Gasteiger partial charge in [-0.1, -0.05) is 67.7 Å². The van der Waals surface area contributed by atoms with Crippen LogP contribution in [0.25, 0.3) is 5.65 Å². The summed E-state index contributed by atoms with van der Waals surface area (Å²) in [5, 5.41) is 28.9. The van der Waals surface area contributed by atoms with Crippen LogP contribution >= 0.6 is 9.24 Å². The summed E-state index contributed by atoms with van der Waals surface area (Å²) in [7, 11) is 1.28. The molecule has 0 aromatic carbocycles. The first kappa shape index (κ1) is 38.2. The highest BCUT2D eigenvalue weighted by Gasteiger charge is 2.31. The molecule has 2 aromatic rings. The lowest BCUT2D eigenvalue weighted by atomic mass is 9.93. The van der Waals surface area contributed by atoms with Crippen molar-refractivity contribution in [1.82, 2.24) is 25.2 Å². The summed E-state index contributed by atoms with van der Waals surface area (Å²) in [6, 6.07) is 0.742. The molecule has 4 N–H and O–H groups in total. The zero-order valence-electron chi connectivity index (χ0n) is 27.5. The monoisotopic (exact) mass is 691 g/mol. The third-order valence-corrected chi connectivity index (χ3v) is 7.94. The number of fused-ring (bicyclic) bond motifs is 1. The summed E-state index contributed by atoms with van der Waals surface area (Å²) in [6.07, 6.45) is 11.0. The van der Waals surface area contributed by atoms with Crippen LogP contribution in [0.4, 0.5) is 17.6 Å². The Hall–Kier alpha value is -4.25. The van der Waals surface area contributed by atoms with Gasteiger partial charge in [-0.3, -0.25) is 9.59 Å². The lowest BCUT2D eigenvalue weighted by molar-refractivity contribution is 0.0917. The van der Waals surface area contributed by atoms with Crippen molar-refractivity contribution < 1.29 is 37.4 Å². The molecule has 2 aliphatic carbocycles. The number of nitrogens with one attached hydrogen (secondary N) is 2. The largest absolute Gasteiger partial charge is 0.512 e. The molecule has 4 unspecified atom stereocenters. The number of carbonyl (C=O) groups excluding carboxylic acids is 2. The number of aliphatic hydroxyl groups is 2. The van der Waals surface area contributed by atoms with E-state index in [1.54, 1.807) is 6.92 Å². The molecule has 2 amide bonds. The van der Waals surface area contributed by atoms with Gasteiger partial charge in [0.05, 0.1) is 11.8 Å². The number of aromatic nitrogens is 3. The van der Waals surface area contributed by atoms with Crippen LogP contribution in [-0.4, -0.2) is 54.9 Å². The third kappa shape index (κ3) is 9.65. The summed E-state index contributed by atoms with van der Waals surface area (Å²) in [5.74, 6) is -3.87. The average Bonchev–Trinajstić information content (AvgIpc) is 3.31. The molecule has 48 heavy (non-hydrogen) atoms. The lowest BCUT2D eigenvalue weighted by Crippen LogP contribution is -2.40. The van der Waals surface area contributed by atoms with E-state index >= 15 is 0 Å². The Morgan fingerprint density at radius 1 is 1.17 bits per heavy atom. The van der Waals surface area contributed by atoms with Crippen LogP contribution in [0.1, 0.15) is 81.3 Å². The summed E-state index contributed by atoms with van der Waals surface area (Å²) < 4.78 is 57.6. The van der Waals surface area contributed by atoms with Crippen molar-refractivity contribution >= 4 is 26.7 Å². The molecule has 0 saturated heterocycles. The summed E-state index contributed by atoms with van der Waals surface area (Å²) in [5.41, 5.74) is -3.84. The molecular weight excluding hydrogens is 649 g/mol. The fourth-order valence-electron chi connectivity index (χ4n) is 5.22. The molecule has 2 aromatic heterocycles. The Morgan fingerprint density at radius 3 is 2.50 bits per heavy atom. The number of hydrogen-bond donors (Lipinski definition) is 4. The summed E-state index contributed by atoms with van der Waals surface area (Å²) >= 11 is 0. The molecule has 2 aliphatic rings. The molecule has 0 fully saturated rings. The van der Waals surface area contributed by atoms with E-state index in [0.29, 0.717) is 30.2 Å². The number of carbonyl (C=O) groups is 2. The van der Waals surface area contributed by atoms with Gasteiger partial charge in [0, 0.05) is 30.6 Å². The Morgan fingerprint density at radius 2 is 1.85 bits per heavy atom. The highest BCUT2D eigenvalue weighted by molar-refractivity contribution is 7.18. The summed E-state index contributed by atoms with van der Waals surface area (Å²) in [4.78, 5) is 30.8. The number of halogens is 4. The number of nitrogens with zero attached hydrogens (tertiary/aromatic N) is 3. The number of aliphatic hydroxyl groups excluding tert-OH is 2. The van der Waals surface area contributed by atoms with Gasteiger partial charge in [-0.25, -0.2) is 18.3 Å². The standard InChI is InChI=1S/C31H34F4N5O4P.C3H8/c1-16-7-8-24(18(3)10-17(2)20(9-16)27(42)15-41)39-30(44)26-12-25(38-28-23(33)14-37-40(26)28)29(43)36-13-19-5-4-6-22(32)21(11-19)31(34,35)45;1-3-2/h4-5,9-12,14-16,18,24,41-42H,6-8,13,45H2,1-3H3,(H,36,43)(H,39,44);3H2,1-2H3/b17-10-,20-9+,27-15?;. The molecule has 0 bridgehead atoms. The number of rotatable bonds is 7. The molecule has 9 nitrogen and oxygen atoms in total. The maximum absolute atomic E-state index is 14.6. The molecule has 14 heteroatoms. The van der Waals surface area contributed by atoms with Crippen LogP contribution in [0.5, 0.6) is 0 Å². The van der Waals surface area contributed by atoms with Crippen LogP contribution < -0.4 is 10.6 Å². The lowest BCUT2D eigenvalue weighted by Gasteiger charge is -2.24. The maximum Gasteiger partial charge on any atom is 0.286 e. The molecule has 260 valence electrons. The second kappa shape index (κ2) is 16.7. The van der Waals surface area contributed by atoms with E-state index in [4.69, 9.17) is 0 Å². The molecule has 0 saturated carbocycles. The van der Waals surface area contributed by atoms with Gasteiger partial charge in [-0.2, -0.15) is 13.9 Å². The zero-order valence-corrected chi connectivity index (χ0v) is 28.7. The first-order chi connectivity index (χ1) is 22.6. The van der Waals surface area contributed by atoms with Gasteiger partial charge in [-0.15, -0.1) is 0 Å². The van der Waals surface area contributed by atoms with Crippen molar-refractivity contribution in [2.24, 2.45) is 11.8 Å². The van der Waals surface area contributed by atoms with E-state index in [-0.39, 0.29) is 53.2 Å². The number of hydrogen-bond acceptors (Lipinski definition) is 6. The SMILES string of the molecule is CC1=C/C(C)C(NC(=O)c2cc(C(=O)NCC3=CC(C(F)(F)P)=C(F)CC=C3)nc3c(F)cnn23)CCC(C)/C=C\1C(O)=CO.CCC. The molecule has 0 radical (unpaired) electrons. The van der Waals surface area contributed by atoms with Gasteiger partial charge in [-0.05, 0) is 48.8 Å². The first-order valence-corrected chi connectivity index (χ1v) is 16.2. The second-order valence-electron chi connectivity index (χ2n) is 11.8. The van der Waals surface area contributed by atoms with E-state index in [1.807, 2.05) is 26.0 Å². The highest BCUT2D eigenvalue weighted by atomic mass is 31.0. The van der Waals surface area contributed by atoms with Crippen LogP contribution in [0.2, 0.25) is 0 Å². The van der Waals surface area contributed by atoms with Crippen molar-refractivity contribution in [2.75, 3.05) is 6.54 Å². The van der Waals surface area contributed by atoms with E-state index in [1.165, 1.54) is 27.8 Å². The number of alkyl halides is 2. The summed E-state index contributed by atoms with van der Waals surface area (Å²) in [6.45, 7) is 9.58. The predicted octanol–water partition coefficient (Wildman–Crippen LogP) is 7.59. The fraction of sp³-hybridized carbons (Fsp3) is 0.412. The van der Waals surface area contributed by atoms with Crippen molar-refractivity contribution in [3.05, 3.63) is 100.0 Å². The topological polar surface area (TPSA) is 129 Å². The minimum absolute atomic E-state index is 0.0120. The van der Waals surface area contributed by atoms with Gasteiger partial charge >= 0.3 is 0 Å². The quantitative estimate of drug-likeness (QED) is 0.135. The van der Waals surface area contributed by atoms with Gasteiger partial charge < -0.3 is 20.8 Å². The van der Waals surface area contributed by atoms with Crippen LogP contribution in [-0.2, 0) is 0 Å². The maximum atomic E-state index is 14.6. The fourth-order valence-corrected chi connectivity index (χ4v) is 5.46. The van der Waals surface area contributed by atoms with Crippen LogP contribution in [0, 0.1) is 17.7 Å². The van der Waals surface area contributed by atoms with Gasteiger partial charge in [0.1, 0.15) is 23.5 Å². The molecule has 0 spiro atoms. The van der Waals surface area contributed by atoms with Crippen LogP contribution in [0.3, 0.4) is 0 Å². The van der Waals surface area contributed by atoms with Crippen molar-refractivity contribution in [3.8, 4) is 0 Å². The molecule has 2 heterocycles. The number of amides is 2. The molecule has 0 aliphatic heterocycles. The Labute approximate surface area is 279 Å². The van der Waals surface area contributed by atoms with Gasteiger partial charge in [0.15, 0.2) is 17.2 Å². The van der Waals surface area contributed by atoms with Crippen LogP contribution in [0.15, 0.2) is 82.8 Å². The molecule has 4 rings (SSSR count). The average molecular weight is 692 g/mol. The Balaban J connectivity index is 0.00000201. The molecular formula is C34H42F4N5O4P. The van der Waals surface area contributed by atoms with Crippen molar-refractivity contribution in [3.63, 3.8) is 0 Å². The molecule has 4 atom stereocenters. The van der Waals surface area contributed by atoms with Crippen molar-refractivity contribution in [1.29, 1.82) is 0 Å². The smallest absolute Gasteiger partial charge is 0.286 e. The van der Waals surface area contributed by atoms with Gasteiger partial charge in [0.25, 0.3) is 17.5 Å². The van der Waals surface area contributed by atoms with Gasteiger partial charge in [0.2, 0.25) is 0 Å². The Bertz CT molecular complexity index is 1700. The first-order valence-electron chi connectivity index (χ1n) is 15.6. The second-order valence-corrected chi connectivity index (χ2v) is 12.6.